The number of aromatic nitrogens is 2. The van der Waals surface area contributed by atoms with Crippen molar-refractivity contribution >= 4 is 0 Å². The summed E-state index contributed by atoms with van der Waals surface area (Å²) in [5.41, 5.74) is 1.03. The summed E-state index contributed by atoms with van der Waals surface area (Å²) in [6.07, 6.45) is 8.70. The van der Waals surface area contributed by atoms with Gasteiger partial charge in [0, 0.05) is 12.6 Å². The lowest BCUT2D eigenvalue weighted by atomic mass is 9.98. The molecule has 0 saturated heterocycles. The van der Waals surface area contributed by atoms with Gasteiger partial charge in [0.15, 0.2) is 0 Å². The minimum absolute atomic E-state index is 0.257. The number of hydrogen-bond acceptors (Lipinski definition) is 2. The van der Waals surface area contributed by atoms with Gasteiger partial charge >= 0.3 is 0 Å². The van der Waals surface area contributed by atoms with E-state index in [0.717, 1.165) is 12.1 Å². The molecular formula is C14H24N2O. The third kappa shape index (κ3) is 3.09. The Bertz CT molecular complexity index is 342. The van der Waals surface area contributed by atoms with Gasteiger partial charge in [0.05, 0.1) is 17.8 Å². The Kier molecular flexibility index (Phi) is 4.21. The first-order valence-electron chi connectivity index (χ1n) is 6.92. The van der Waals surface area contributed by atoms with Crippen molar-refractivity contribution in [1.82, 2.24) is 9.78 Å². The monoisotopic (exact) mass is 236 g/mol. The maximum absolute atomic E-state index is 10.00. The summed E-state index contributed by atoms with van der Waals surface area (Å²) >= 11 is 0. The lowest BCUT2D eigenvalue weighted by molar-refractivity contribution is 0.113. The van der Waals surface area contributed by atoms with Gasteiger partial charge in [-0.1, -0.05) is 33.1 Å². The molecule has 17 heavy (non-hydrogen) atoms. The lowest BCUT2D eigenvalue weighted by Crippen LogP contribution is -2.20. The molecular weight excluding hydrogens is 212 g/mol. The quantitative estimate of drug-likeness (QED) is 0.853. The van der Waals surface area contributed by atoms with E-state index in [9.17, 15) is 5.11 Å². The van der Waals surface area contributed by atoms with Crippen molar-refractivity contribution in [2.45, 2.75) is 64.5 Å². The van der Waals surface area contributed by atoms with Crippen molar-refractivity contribution in [2.75, 3.05) is 0 Å². The summed E-state index contributed by atoms with van der Waals surface area (Å²) in [6, 6.07) is 2.66. The van der Waals surface area contributed by atoms with E-state index in [1.54, 1.807) is 0 Å². The van der Waals surface area contributed by atoms with Gasteiger partial charge < -0.3 is 5.11 Å². The van der Waals surface area contributed by atoms with Crippen molar-refractivity contribution in [3.8, 4) is 0 Å². The van der Waals surface area contributed by atoms with E-state index >= 15 is 0 Å². The van der Waals surface area contributed by atoms with Gasteiger partial charge in [-0.05, 0) is 24.8 Å². The molecule has 0 aromatic carbocycles. The van der Waals surface area contributed by atoms with Crippen molar-refractivity contribution in [2.24, 2.45) is 5.92 Å². The van der Waals surface area contributed by atoms with Crippen LogP contribution in [0.1, 0.15) is 57.7 Å². The Labute approximate surface area is 104 Å². The third-order valence-electron chi connectivity index (χ3n) is 4.08. The molecule has 3 heteroatoms. The van der Waals surface area contributed by atoms with Crippen LogP contribution in [0.4, 0.5) is 0 Å². The summed E-state index contributed by atoms with van der Waals surface area (Å²) in [5, 5.41) is 14.6. The highest BCUT2D eigenvalue weighted by Gasteiger charge is 2.19. The van der Waals surface area contributed by atoms with Crippen LogP contribution >= 0.6 is 0 Å². The molecule has 0 bridgehead atoms. The van der Waals surface area contributed by atoms with E-state index in [4.69, 9.17) is 0 Å². The van der Waals surface area contributed by atoms with E-state index in [1.807, 2.05) is 0 Å². The molecule has 1 heterocycles. The maximum atomic E-state index is 10.00. The molecule has 1 aromatic heterocycles. The Balaban J connectivity index is 1.93. The average molecular weight is 236 g/mol. The molecule has 1 N–H and O–H groups in total. The Morgan fingerprint density at radius 3 is 2.82 bits per heavy atom. The fourth-order valence-corrected chi connectivity index (χ4v) is 2.55. The van der Waals surface area contributed by atoms with Crippen LogP contribution in [0.5, 0.6) is 0 Å². The van der Waals surface area contributed by atoms with Gasteiger partial charge in [-0.3, -0.25) is 4.68 Å². The summed E-state index contributed by atoms with van der Waals surface area (Å²) in [6.45, 7) is 4.21. The van der Waals surface area contributed by atoms with E-state index in [-0.39, 0.29) is 6.10 Å². The number of aliphatic hydroxyl groups is 1. The smallest absolute Gasteiger partial charge is 0.0650 e. The molecule has 1 aliphatic rings. The summed E-state index contributed by atoms with van der Waals surface area (Å²) < 4.78 is 2.10. The first-order chi connectivity index (χ1) is 8.20. The standard InChI is InChI=1S/C14H24N2O/c1-3-11(2)14(17)10-12-8-9-16(15-12)13-6-4-5-7-13/h8-9,11,13-14,17H,3-7,10H2,1-2H3. The molecule has 1 saturated carbocycles. The largest absolute Gasteiger partial charge is 0.392 e. The molecule has 0 spiro atoms. The predicted molar refractivity (Wildman–Crippen MR) is 68.9 cm³/mol. The lowest BCUT2D eigenvalue weighted by Gasteiger charge is -2.15. The number of aliphatic hydroxyl groups excluding tert-OH is 1. The van der Waals surface area contributed by atoms with Crippen LogP contribution in [0.3, 0.4) is 0 Å². The van der Waals surface area contributed by atoms with Crippen molar-refractivity contribution in [3.63, 3.8) is 0 Å². The highest BCUT2D eigenvalue weighted by molar-refractivity contribution is 5.02. The fourth-order valence-electron chi connectivity index (χ4n) is 2.55. The topological polar surface area (TPSA) is 38.0 Å². The molecule has 2 atom stereocenters. The Morgan fingerprint density at radius 1 is 1.47 bits per heavy atom. The van der Waals surface area contributed by atoms with E-state index < -0.39 is 0 Å². The second-order valence-corrected chi connectivity index (χ2v) is 5.38. The highest BCUT2D eigenvalue weighted by atomic mass is 16.3. The average Bonchev–Trinajstić information content (AvgIpc) is 2.97. The molecule has 2 rings (SSSR count). The van der Waals surface area contributed by atoms with Crippen molar-refractivity contribution in [3.05, 3.63) is 18.0 Å². The SMILES string of the molecule is CCC(C)C(O)Cc1ccn(C2CCCC2)n1. The van der Waals surface area contributed by atoms with Gasteiger partial charge in [-0.25, -0.2) is 0 Å². The molecule has 0 amide bonds. The Hall–Kier alpha value is -0.830. The molecule has 1 aliphatic carbocycles. The highest BCUT2D eigenvalue weighted by Crippen LogP contribution is 2.28. The van der Waals surface area contributed by atoms with Crippen LogP contribution in [0.2, 0.25) is 0 Å². The van der Waals surface area contributed by atoms with E-state index in [0.29, 0.717) is 18.4 Å². The van der Waals surface area contributed by atoms with Crippen LogP contribution in [0.15, 0.2) is 12.3 Å². The number of rotatable bonds is 5. The summed E-state index contributed by atoms with van der Waals surface area (Å²) in [5.74, 6) is 0.353. The zero-order chi connectivity index (χ0) is 12.3. The van der Waals surface area contributed by atoms with Crippen molar-refractivity contribution in [1.29, 1.82) is 0 Å². The third-order valence-corrected chi connectivity index (χ3v) is 4.08. The predicted octanol–water partition coefficient (Wildman–Crippen LogP) is 2.95. The van der Waals surface area contributed by atoms with Gasteiger partial charge in [-0.2, -0.15) is 5.10 Å². The first kappa shape index (κ1) is 12.6. The second kappa shape index (κ2) is 5.67. The van der Waals surface area contributed by atoms with Gasteiger partial charge in [-0.15, -0.1) is 0 Å². The Morgan fingerprint density at radius 2 is 2.18 bits per heavy atom. The zero-order valence-corrected chi connectivity index (χ0v) is 11.0. The number of hydrogen-bond donors (Lipinski definition) is 1. The van der Waals surface area contributed by atoms with E-state index in [1.165, 1.54) is 25.7 Å². The fraction of sp³-hybridized carbons (Fsp3) is 0.786. The van der Waals surface area contributed by atoms with Crippen LogP contribution in [0, 0.1) is 5.92 Å². The van der Waals surface area contributed by atoms with Crippen LogP contribution < -0.4 is 0 Å². The zero-order valence-electron chi connectivity index (χ0n) is 11.0. The molecule has 2 unspecified atom stereocenters. The molecule has 1 fully saturated rings. The first-order valence-corrected chi connectivity index (χ1v) is 6.92. The minimum Gasteiger partial charge on any atom is -0.392 e. The summed E-state index contributed by atoms with van der Waals surface area (Å²) in [7, 11) is 0. The second-order valence-electron chi connectivity index (χ2n) is 5.38. The summed E-state index contributed by atoms with van der Waals surface area (Å²) in [4.78, 5) is 0. The molecule has 96 valence electrons. The van der Waals surface area contributed by atoms with Crippen LogP contribution in [0.25, 0.3) is 0 Å². The molecule has 3 nitrogen and oxygen atoms in total. The van der Waals surface area contributed by atoms with Gasteiger partial charge in [0.2, 0.25) is 0 Å². The van der Waals surface area contributed by atoms with E-state index in [2.05, 4.69) is 35.9 Å². The molecule has 1 aromatic rings. The van der Waals surface area contributed by atoms with Gasteiger partial charge in [0.1, 0.15) is 0 Å². The normalized spacial score (nSPS) is 20.6. The minimum atomic E-state index is -0.257. The molecule has 0 aliphatic heterocycles. The van der Waals surface area contributed by atoms with Crippen LogP contribution in [-0.2, 0) is 6.42 Å². The van der Waals surface area contributed by atoms with Gasteiger partial charge in [0.25, 0.3) is 0 Å². The molecule has 0 radical (unpaired) electrons. The number of nitrogens with zero attached hydrogens (tertiary/aromatic N) is 2. The maximum Gasteiger partial charge on any atom is 0.0650 e. The van der Waals surface area contributed by atoms with Crippen LogP contribution in [-0.4, -0.2) is 21.0 Å². The van der Waals surface area contributed by atoms with Crippen molar-refractivity contribution < 1.29 is 5.11 Å².